The number of phosphoric ester groups is 1. The summed E-state index contributed by atoms with van der Waals surface area (Å²) in [5.74, 6) is -1.26. The quantitative estimate of drug-likeness (QED) is 0.0282. The van der Waals surface area contributed by atoms with Crippen molar-refractivity contribution in [3.63, 3.8) is 0 Å². The van der Waals surface area contributed by atoms with E-state index in [0.717, 1.165) is 57.8 Å². The Morgan fingerprint density at radius 2 is 1.10 bits per heavy atom. The maximum atomic E-state index is 12.7. The third kappa shape index (κ3) is 21.6. The van der Waals surface area contributed by atoms with Crippen LogP contribution in [0.3, 0.4) is 0 Å². The van der Waals surface area contributed by atoms with Gasteiger partial charge in [0.05, 0.1) is 13.0 Å². The SMILES string of the molecule is CC/C=C\C/C=C\C/C=C\C/C=C\C/C=C\CC(=O)OC(COC(=O)CCCCCCCCC)COP(=O)(O)OC1C(O)C(O)C(O)C(O)C1O. The summed E-state index contributed by atoms with van der Waals surface area (Å²) in [5, 5.41) is 49.8. The van der Waals surface area contributed by atoms with Crippen molar-refractivity contribution in [3.8, 4) is 0 Å². The van der Waals surface area contributed by atoms with Crippen LogP contribution in [0.5, 0.6) is 0 Å². The molecule has 1 saturated carbocycles. The van der Waals surface area contributed by atoms with E-state index in [4.69, 9.17) is 18.5 Å². The van der Waals surface area contributed by atoms with Crippen molar-refractivity contribution in [2.45, 2.75) is 146 Å². The summed E-state index contributed by atoms with van der Waals surface area (Å²) in [7, 11) is -5.13. The van der Waals surface area contributed by atoms with Crippen molar-refractivity contribution in [2.24, 2.45) is 0 Å². The van der Waals surface area contributed by atoms with Crippen molar-refractivity contribution < 1.29 is 63.1 Å². The van der Waals surface area contributed by atoms with Gasteiger partial charge in [-0.25, -0.2) is 4.57 Å². The maximum Gasteiger partial charge on any atom is 0.472 e. The molecule has 1 rings (SSSR count). The minimum Gasteiger partial charge on any atom is -0.462 e. The molecule has 0 aromatic heterocycles. The van der Waals surface area contributed by atoms with Crippen LogP contribution in [0.15, 0.2) is 60.8 Å². The number of esters is 2. The van der Waals surface area contributed by atoms with Gasteiger partial charge in [0.2, 0.25) is 0 Å². The van der Waals surface area contributed by atoms with Gasteiger partial charge in [0, 0.05) is 6.42 Å². The summed E-state index contributed by atoms with van der Waals surface area (Å²) in [6, 6.07) is 0. The molecule has 51 heavy (non-hydrogen) atoms. The zero-order chi connectivity index (χ0) is 37.9. The summed E-state index contributed by atoms with van der Waals surface area (Å²) in [4.78, 5) is 35.2. The first-order chi connectivity index (χ1) is 24.4. The highest BCUT2D eigenvalue weighted by atomic mass is 31.2. The highest BCUT2D eigenvalue weighted by Crippen LogP contribution is 2.47. The van der Waals surface area contributed by atoms with Crippen LogP contribution in [0.2, 0.25) is 0 Å². The summed E-state index contributed by atoms with van der Waals surface area (Å²) < 4.78 is 33.0. The van der Waals surface area contributed by atoms with Crippen LogP contribution in [0.25, 0.3) is 0 Å². The molecular weight excluding hydrogens is 683 g/mol. The Balaban J connectivity index is 2.64. The molecule has 0 radical (unpaired) electrons. The maximum absolute atomic E-state index is 12.7. The molecule has 292 valence electrons. The minimum absolute atomic E-state index is 0.137. The third-order valence-corrected chi connectivity index (χ3v) is 8.89. The molecule has 13 nitrogen and oxygen atoms in total. The van der Waals surface area contributed by atoms with Gasteiger partial charge in [0.25, 0.3) is 0 Å². The second-order valence-corrected chi connectivity index (χ2v) is 13.8. The molecule has 14 heteroatoms. The van der Waals surface area contributed by atoms with E-state index in [9.17, 15) is 44.6 Å². The molecule has 1 aliphatic carbocycles. The predicted octanol–water partition coefficient (Wildman–Crippen LogP) is 5.04. The zero-order valence-electron chi connectivity index (χ0n) is 30.1. The monoisotopic (exact) mass is 744 g/mol. The molecule has 1 fully saturated rings. The fourth-order valence-corrected chi connectivity index (χ4v) is 5.92. The lowest BCUT2D eigenvalue weighted by Gasteiger charge is -2.41. The number of carbonyl (C=O) groups is 2. The first-order valence-electron chi connectivity index (χ1n) is 18.1. The van der Waals surface area contributed by atoms with Gasteiger partial charge in [-0.2, -0.15) is 0 Å². The van der Waals surface area contributed by atoms with Crippen LogP contribution >= 0.6 is 7.82 Å². The average molecular weight is 745 g/mol. The van der Waals surface area contributed by atoms with Crippen molar-refractivity contribution in [1.29, 1.82) is 0 Å². The van der Waals surface area contributed by atoms with Gasteiger partial charge < -0.3 is 39.9 Å². The molecule has 6 N–H and O–H groups in total. The van der Waals surface area contributed by atoms with E-state index in [-0.39, 0.29) is 12.8 Å². The average Bonchev–Trinajstić information content (AvgIpc) is 3.10. The first-order valence-corrected chi connectivity index (χ1v) is 19.6. The van der Waals surface area contributed by atoms with Gasteiger partial charge in [-0.15, -0.1) is 0 Å². The lowest BCUT2D eigenvalue weighted by Crippen LogP contribution is -2.64. The molecule has 0 aromatic carbocycles. The minimum atomic E-state index is -5.13. The Bertz CT molecular complexity index is 1140. The van der Waals surface area contributed by atoms with Crippen molar-refractivity contribution in [1.82, 2.24) is 0 Å². The van der Waals surface area contributed by atoms with E-state index in [1.165, 1.54) is 6.42 Å². The number of phosphoric acid groups is 1. The van der Waals surface area contributed by atoms with Gasteiger partial charge in [0.15, 0.2) is 6.10 Å². The number of hydrogen-bond donors (Lipinski definition) is 6. The summed E-state index contributed by atoms with van der Waals surface area (Å²) >= 11 is 0. The van der Waals surface area contributed by atoms with E-state index in [1.807, 2.05) is 12.2 Å². The molecule has 0 aromatic rings. The number of ether oxygens (including phenoxy) is 2. The van der Waals surface area contributed by atoms with Gasteiger partial charge in [0.1, 0.15) is 43.2 Å². The fraction of sp³-hybridized carbons (Fsp3) is 0.676. The molecule has 0 bridgehead atoms. The van der Waals surface area contributed by atoms with Crippen molar-refractivity contribution in [3.05, 3.63) is 60.8 Å². The number of aliphatic hydroxyl groups is 5. The number of aliphatic hydroxyl groups excluding tert-OH is 5. The molecule has 0 amide bonds. The second-order valence-electron chi connectivity index (χ2n) is 12.4. The highest BCUT2D eigenvalue weighted by Gasteiger charge is 2.51. The molecule has 6 unspecified atom stereocenters. The van der Waals surface area contributed by atoms with Crippen LogP contribution in [0.4, 0.5) is 0 Å². The molecule has 0 heterocycles. The van der Waals surface area contributed by atoms with E-state index >= 15 is 0 Å². The number of rotatable bonds is 27. The van der Waals surface area contributed by atoms with E-state index in [1.54, 1.807) is 12.2 Å². The molecule has 1 aliphatic rings. The van der Waals surface area contributed by atoms with Crippen LogP contribution in [0, 0.1) is 0 Å². The van der Waals surface area contributed by atoms with Gasteiger partial charge in [-0.3, -0.25) is 18.6 Å². The van der Waals surface area contributed by atoms with E-state index < -0.39 is 75.7 Å². The van der Waals surface area contributed by atoms with Crippen LogP contribution in [-0.4, -0.2) is 98.3 Å². The van der Waals surface area contributed by atoms with Crippen LogP contribution < -0.4 is 0 Å². The van der Waals surface area contributed by atoms with Gasteiger partial charge in [-0.05, 0) is 38.5 Å². The molecular formula is C37H61O13P. The lowest BCUT2D eigenvalue weighted by atomic mass is 9.85. The Hall–Kier alpha value is -2.45. The Labute approximate surface area is 303 Å². The van der Waals surface area contributed by atoms with Crippen LogP contribution in [-0.2, 0) is 32.7 Å². The topological polar surface area (TPSA) is 210 Å². The fourth-order valence-electron chi connectivity index (χ4n) is 4.95. The lowest BCUT2D eigenvalue weighted by molar-refractivity contribution is -0.220. The number of hydrogen-bond acceptors (Lipinski definition) is 12. The Kier molecular flexibility index (Phi) is 25.7. The molecule has 0 saturated heterocycles. The Morgan fingerprint density at radius 3 is 1.63 bits per heavy atom. The highest BCUT2D eigenvalue weighted by molar-refractivity contribution is 7.47. The number of allylic oxidation sites excluding steroid dienone is 9. The zero-order valence-corrected chi connectivity index (χ0v) is 31.0. The smallest absolute Gasteiger partial charge is 0.462 e. The van der Waals surface area contributed by atoms with Gasteiger partial charge in [-0.1, -0.05) is 113 Å². The van der Waals surface area contributed by atoms with Gasteiger partial charge >= 0.3 is 19.8 Å². The number of carbonyl (C=O) groups excluding carboxylic acids is 2. The van der Waals surface area contributed by atoms with Crippen LogP contribution in [0.1, 0.15) is 104 Å². The summed E-state index contributed by atoms with van der Waals surface area (Å²) in [6.07, 6.45) is 17.9. The summed E-state index contributed by atoms with van der Waals surface area (Å²) in [5.41, 5.74) is 0. The van der Waals surface area contributed by atoms with E-state index in [0.29, 0.717) is 12.8 Å². The predicted molar refractivity (Wildman–Crippen MR) is 193 cm³/mol. The normalized spacial score (nSPS) is 24.6. The Morgan fingerprint density at radius 1 is 0.627 bits per heavy atom. The standard InChI is InChI=1S/C37H61O13P/c1-3-5-7-9-11-12-13-14-15-16-17-18-20-22-24-26-31(39)49-29(27-47-30(38)25-23-21-19-10-8-6-4-2)28-48-51(45,46)50-37-35(43)33(41)32(40)34(42)36(37)44/h5,7,11-12,14-15,17-18,22,24,29,32-37,40-44H,3-4,6,8-10,13,16,19-21,23,25-28H2,1-2H3,(H,45,46)/b7-5-,12-11-,15-14-,18-17-,24-22-. The van der Waals surface area contributed by atoms with Crippen molar-refractivity contribution in [2.75, 3.05) is 13.2 Å². The number of unbranched alkanes of at least 4 members (excludes halogenated alkanes) is 6. The molecule has 6 atom stereocenters. The summed E-state index contributed by atoms with van der Waals surface area (Å²) in [6.45, 7) is 2.98. The van der Waals surface area contributed by atoms with E-state index in [2.05, 4.69) is 50.3 Å². The molecule has 0 aliphatic heterocycles. The largest absolute Gasteiger partial charge is 0.472 e. The first kappa shape index (κ1) is 46.6. The second kappa shape index (κ2) is 28.1. The molecule has 0 spiro atoms. The third-order valence-electron chi connectivity index (χ3n) is 7.91. The van der Waals surface area contributed by atoms with Crippen molar-refractivity contribution >= 4 is 19.8 Å².